The second-order valence-electron chi connectivity index (χ2n) is 7.58. The van der Waals surface area contributed by atoms with Crippen molar-refractivity contribution in [3.63, 3.8) is 0 Å². The van der Waals surface area contributed by atoms with E-state index in [9.17, 15) is 0 Å². The second-order valence-corrected chi connectivity index (χ2v) is 8.65. The molecule has 0 radical (unpaired) electrons. The van der Waals surface area contributed by atoms with Crippen molar-refractivity contribution in [2.75, 3.05) is 12.4 Å². The summed E-state index contributed by atoms with van der Waals surface area (Å²) in [5, 5.41) is 9.65. The van der Waals surface area contributed by atoms with Crippen molar-refractivity contribution >= 4 is 11.8 Å². The molecule has 0 amide bonds. The lowest BCUT2D eigenvalue weighted by Gasteiger charge is -2.12. The minimum absolute atomic E-state index is 0.513. The first-order valence-corrected chi connectivity index (χ1v) is 11.3. The maximum atomic E-state index is 5.97. The number of furan rings is 1. The first-order valence-electron chi connectivity index (χ1n) is 10.3. The minimum atomic E-state index is 0.513. The van der Waals surface area contributed by atoms with Gasteiger partial charge in [0, 0.05) is 23.7 Å². The van der Waals surface area contributed by atoms with E-state index < -0.39 is 0 Å². The van der Waals surface area contributed by atoms with Crippen LogP contribution in [0.25, 0.3) is 11.4 Å². The van der Waals surface area contributed by atoms with Crippen molar-refractivity contribution in [1.29, 1.82) is 0 Å². The van der Waals surface area contributed by atoms with Crippen LogP contribution in [0.1, 0.15) is 36.7 Å². The molecule has 0 spiro atoms. The van der Waals surface area contributed by atoms with E-state index >= 15 is 0 Å². The van der Waals surface area contributed by atoms with Gasteiger partial charge in [-0.2, -0.15) is 0 Å². The smallest absolute Gasteiger partial charge is 0.192 e. The summed E-state index contributed by atoms with van der Waals surface area (Å²) < 4.78 is 13.6. The van der Waals surface area contributed by atoms with Crippen molar-refractivity contribution in [2.45, 2.75) is 38.4 Å². The van der Waals surface area contributed by atoms with Crippen LogP contribution >= 0.6 is 11.8 Å². The Morgan fingerprint density at radius 1 is 1.13 bits per heavy atom. The number of aryl methyl sites for hydroxylation is 1. The quantitative estimate of drug-likeness (QED) is 0.253. The molecule has 0 N–H and O–H groups in total. The normalized spacial score (nSPS) is 11.2. The van der Waals surface area contributed by atoms with E-state index in [4.69, 9.17) is 9.15 Å². The number of hydrogen-bond donors (Lipinski definition) is 0. The summed E-state index contributed by atoms with van der Waals surface area (Å²) in [4.78, 5) is 4.21. The van der Waals surface area contributed by atoms with E-state index in [2.05, 4.69) is 52.7 Å². The molecule has 0 fully saturated rings. The summed E-state index contributed by atoms with van der Waals surface area (Å²) >= 11 is 1.62. The Bertz CT molecular complexity index is 1110. The van der Waals surface area contributed by atoms with E-state index in [1.54, 1.807) is 30.4 Å². The molecular formula is C24H26N4O2S. The summed E-state index contributed by atoms with van der Waals surface area (Å²) in [6, 6.07) is 14.0. The summed E-state index contributed by atoms with van der Waals surface area (Å²) in [6.45, 7) is 7.69. The zero-order chi connectivity index (χ0) is 21.6. The molecular weight excluding hydrogens is 408 g/mol. The fourth-order valence-corrected chi connectivity index (χ4v) is 4.24. The van der Waals surface area contributed by atoms with Gasteiger partial charge in [0.05, 0.1) is 19.4 Å². The Hall–Kier alpha value is -3.06. The molecule has 4 rings (SSSR count). The van der Waals surface area contributed by atoms with Crippen molar-refractivity contribution in [3.8, 4) is 17.1 Å². The van der Waals surface area contributed by atoms with Crippen LogP contribution in [0.3, 0.4) is 0 Å². The van der Waals surface area contributed by atoms with Gasteiger partial charge in [-0.15, -0.1) is 10.2 Å². The Balaban J connectivity index is 1.43. The lowest BCUT2D eigenvalue weighted by Crippen LogP contribution is -2.06. The van der Waals surface area contributed by atoms with Crippen LogP contribution in [-0.2, 0) is 6.54 Å². The fraction of sp³-hybridized carbons (Fsp3) is 0.292. The number of aromatic nitrogens is 4. The highest BCUT2D eigenvalue weighted by Gasteiger charge is 2.16. The molecule has 0 aliphatic heterocycles. The first kappa shape index (κ1) is 21.2. The Morgan fingerprint density at radius 3 is 2.74 bits per heavy atom. The third-order valence-corrected chi connectivity index (χ3v) is 5.91. The highest BCUT2D eigenvalue weighted by Crippen LogP contribution is 2.26. The monoisotopic (exact) mass is 434 g/mol. The van der Waals surface area contributed by atoms with Crippen molar-refractivity contribution in [2.24, 2.45) is 0 Å². The molecule has 0 unspecified atom stereocenters. The Labute approximate surface area is 186 Å². The number of ether oxygens (including phenoxy) is 1. The average molecular weight is 435 g/mol. The van der Waals surface area contributed by atoms with Gasteiger partial charge in [0.25, 0.3) is 0 Å². The average Bonchev–Trinajstić information content (AvgIpc) is 3.42. The number of hydrogen-bond acceptors (Lipinski definition) is 6. The molecule has 1 aromatic carbocycles. The van der Waals surface area contributed by atoms with Gasteiger partial charge in [-0.1, -0.05) is 31.7 Å². The van der Waals surface area contributed by atoms with Gasteiger partial charge >= 0.3 is 0 Å². The third-order valence-electron chi connectivity index (χ3n) is 4.98. The van der Waals surface area contributed by atoms with Gasteiger partial charge in [-0.3, -0.25) is 9.55 Å². The molecule has 6 nitrogen and oxygen atoms in total. The number of benzene rings is 1. The molecule has 31 heavy (non-hydrogen) atoms. The summed E-state index contributed by atoms with van der Waals surface area (Å²) in [7, 11) is 0. The third kappa shape index (κ3) is 5.17. The number of rotatable bonds is 9. The molecule has 160 valence electrons. The molecule has 3 aromatic heterocycles. The van der Waals surface area contributed by atoms with E-state index in [1.807, 2.05) is 30.3 Å². The van der Waals surface area contributed by atoms with Gasteiger partial charge in [0.15, 0.2) is 11.0 Å². The van der Waals surface area contributed by atoms with E-state index in [-0.39, 0.29) is 0 Å². The molecule has 4 aromatic rings. The predicted octanol–water partition coefficient (Wildman–Crippen LogP) is 5.58. The van der Waals surface area contributed by atoms with Crippen molar-refractivity contribution in [3.05, 3.63) is 78.0 Å². The second kappa shape index (κ2) is 9.83. The van der Waals surface area contributed by atoms with Gasteiger partial charge in [-0.25, -0.2) is 0 Å². The number of nitrogens with zero attached hydrogens (tertiary/aromatic N) is 4. The molecule has 7 heteroatoms. The zero-order valence-corrected chi connectivity index (χ0v) is 18.8. The number of pyridine rings is 1. The molecule has 0 bridgehead atoms. The van der Waals surface area contributed by atoms with Crippen LogP contribution in [-0.4, -0.2) is 32.1 Å². The molecule has 0 aliphatic rings. The fourth-order valence-electron chi connectivity index (χ4n) is 3.48. The van der Waals surface area contributed by atoms with Gasteiger partial charge in [0.1, 0.15) is 11.5 Å². The summed E-state index contributed by atoms with van der Waals surface area (Å²) in [5.41, 5.74) is 3.54. The first-order chi connectivity index (χ1) is 15.1. The maximum Gasteiger partial charge on any atom is 0.192 e. The van der Waals surface area contributed by atoms with Gasteiger partial charge in [-0.05, 0) is 60.4 Å². The van der Waals surface area contributed by atoms with Gasteiger partial charge < -0.3 is 9.15 Å². The minimum Gasteiger partial charge on any atom is -0.493 e. The van der Waals surface area contributed by atoms with Crippen molar-refractivity contribution < 1.29 is 9.15 Å². The molecule has 0 saturated carbocycles. The molecule has 0 saturated heterocycles. The van der Waals surface area contributed by atoms with Crippen LogP contribution in [0.4, 0.5) is 0 Å². The zero-order valence-electron chi connectivity index (χ0n) is 18.0. The largest absolute Gasteiger partial charge is 0.493 e. The Kier molecular flexibility index (Phi) is 6.72. The van der Waals surface area contributed by atoms with E-state index in [0.717, 1.165) is 33.8 Å². The standard InChI is InChI=1S/C24H26N4O2S/c1-17(2)22-9-8-20(14-18(22)3)30-12-13-31-24-27-26-23(19-6-4-10-25-15-19)28(24)16-21-7-5-11-29-21/h4-11,14-15,17H,12-13,16H2,1-3H3. The van der Waals surface area contributed by atoms with Crippen LogP contribution in [0, 0.1) is 6.92 Å². The molecule has 0 aliphatic carbocycles. The van der Waals surface area contributed by atoms with Crippen LogP contribution in [0.2, 0.25) is 0 Å². The van der Waals surface area contributed by atoms with Crippen LogP contribution in [0.5, 0.6) is 5.75 Å². The van der Waals surface area contributed by atoms with Crippen LogP contribution < -0.4 is 4.74 Å². The highest BCUT2D eigenvalue weighted by atomic mass is 32.2. The van der Waals surface area contributed by atoms with Crippen molar-refractivity contribution in [1.82, 2.24) is 19.7 Å². The highest BCUT2D eigenvalue weighted by molar-refractivity contribution is 7.99. The van der Waals surface area contributed by atoms with E-state index in [1.165, 1.54) is 11.1 Å². The SMILES string of the molecule is Cc1cc(OCCSc2nnc(-c3cccnc3)n2Cc2ccco2)ccc1C(C)C. The topological polar surface area (TPSA) is 66.0 Å². The molecule has 0 atom stereocenters. The summed E-state index contributed by atoms with van der Waals surface area (Å²) in [6.07, 6.45) is 5.22. The molecule has 3 heterocycles. The van der Waals surface area contributed by atoms with Crippen LogP contribution in [0.15, 0.2) is 70.7 Å². The lowest BCUT2D eigenvalue weighted by atomic mass is 9.98. The Morgan fingerprint density at radius 2 is 2.03 bits per heavy atom. The maximum absolute atomic E-state index is 5.97. The summed E-state index contributed by atoms with van der Waals surface area (Å²) in [5.74, 6) is 3.79. The van der Waals surface area contributed by atoms with E-state index in [0.29, 0.717) is 19.1 Å². The number of thioether (sulfide) groups is 1. The van der Waals surface area contributed by atoms with Gasteiger partial charge in [0.2, 0.25) is 0 Å². The predicted molar refractivity (Wildman–Crippen MR) is 123 cm³/mol. The lowest BCUT2D eigenvalue weighted by molar-refractivity contribution is 0.343.